The van der Waals surface area contributed by atoms with Gasteiger partial charge in [0.05, 0.1) is 0 Å². The summed E-state index contributed by atoms with van der Waals surface area (Å²) in [6.07, 6.45) is -16.8. The van der Waals surface area contributed by atoms with E-state index in [0.717, 1.165) is 41.5 Å². The average Bonchev–Trinajstić information content (AvgIpc) is 2.91. The van der Waals surface area contributed by atoms with Crippen LogP contribution in [0.25, 0.3) is 0 Å². The fraction of sp³-hybridized carbons (Fsp3) is 0.731. The first-order valence-corrected chi connectivity index (χ1v) is 13.9. The standard InChI is InChI=1S/C26H35ClO18/c1-10(28)36-8-16-19(38-12(3)30)21(23(25(35)42-16)40-14(5)32)45-26-24(41-15(6)33)22(44-18(34)7-27)20(39-13(4)31)17(43-26)9-37-11(2)29/h16-17,19-26,35H,7-9H2,1-6H3/t16-,17-,19-,20-,21+,22+,23-,24-,25?,26+/m1/s1. The fourth-order valence-electron chi connectivity index (χ4n) is 4.48. The molecule has 2 saturated heterocycles. The smallest absolute Gasteiger partial charge is 0.321 e. The monoisotopic (exact) mass is 670 g/mol. The number of hydrogen-bond acceptors (Lipinski definition) is 18. The zero-order chi connectivity index (χ0) is 34.0. The Hall–Kier alpha value is -3.58. The van der Waals surface area contributed by atoms with Crippen LogP contribution in [0.3, 0.4) is 0 Å². The minimum atomic E-state index is -1.96. The van der Waals surface area contributed by atoms with E-state index in [0.29, 0.717) is 0 Å². The summed E-state index contributed by atoms with van der Waals surface area (Å²) in [5.74, 6) is -6.97. The van der Waals surface area contributed by atoms with Crippen LogP contribution in [-0.2, 0) is 80.9 Å². The van der Waals surface area contributed by atoms with Crippen molar-refractivity contribution >= 4 is 53.4 Å². The van der Waals surface area contributed by atoms with Crippen molar-refractivity contribution in [3.63, 3.8) is 0 Å². The molecule has 2 rings (SSSR count). The summed E-state index contributed by atoms with van der Waals surface area (Å²) in [7, 11) is 0. The molecule has 2 aliphatic heterocycles. The molecule has 2 fully saturated rings. The third kappa shape index (κ3) is 11.4. The summed E-state index contributed by atoms with van der Waals surface area (Å²) in [5.41, 5.74) is 0. The minimum absolute atomic E-state index is 0.574. The van der Waals surface area contributed by atoms with Crippen LogP contribution in [0, 0.1) is 0 Å². The van der Waals surface area contributed by atoms with Gasteiger partial charge in [0.15, 0.2) is 43.1 Å². The van der Waals surface area contributed by atoms with Gasteiger partial charge in [-0.25, -0.2) is 0 Å². The number of carbonyl (C=O) groups is 7. The lowest BCUT2D eigenvalue weighted by Gasteiger charge is -2.48. The van der Waals surface area contributed by atoms with Crippen LogP contribution >= 0.6 is 11.6 Å². The van der Waals surface area contributed by atoms with E-state index in [1.165, 1.54) is 0 Å². The number of alkyl halides is 1. The van der Waals surface area contributed by atoms with E-state index in [2.05, 4.69) is 0 Å². The number of hydrogen-bond donors (Lipinski definition) is 1. The van der Waals surface area contributed by atoms with Gasteiger partial charge in [0.25, 0.3) is 0 Å². The number of ether oxygens (including phenoxy) is 10. The Balaban J connectivity index is 2.68. The highest BCUT2D eigenvalue weighted by Crippen LogP contribution is 2.35. The van der Waals surface area contributed by atoms with Gasteiger partial charge < -0.3 is 52.5 Å². The summed E-state index contributed by atoms with van der Waals surface area (Å²) in [6, 6.07) is 0. The molecule has 0 aromatic carbocycles. The Morgan fingerprint density at radius 3 is 1.42 bits per heavy atom. The third-order valence-corrected chi connectivity index (χ3v) is 6.20. The van der Waals surface area contributed by atoms with Crippen molar-refractivity contribution in [3.8, 4) is 0 Å². The summed E-state index contributed by atoms with van der Waals surface area (Å²) in [6.45, 7) is 4.99. The molecular weight excluding hydrogens is 636 g/mol. The summed E-state index contributed by atoms with van der Waals surface area (Å²) in [4.78, 5) is 83.9. The van der Waals surface area contributed by atoms with Crippen molar-refractivity contribution in [2.75, 3.05) is 19.1 Å². The first-order valence-electron chi connectivity index (χ1n) is 13.4. The van der Waals surface area contributed by atoms with Gasteiger partial charge in [-0.1, -0.05) is 0 Å². The molecule has 2 aliphatic rings. The summed E-state index contributed by atoms with van der Waals surface area (Å²) < 4.78 is 54.1. The van der Waals surface area contributed by atoms with Gasteiger partial charge in [0.2, 0.25) is 0 Å². The highest BCUT2D eigenvalue weighted by Gasteiger charge is 2.57. The molecule has 1 unspecified atom stereocenters. The molecule has 10 atom stereocenters. The molecule has 19 heteroatoms. The van der Waals surface area contributed by atoms with Crippen LogP contribution in [0.2, 0.25) is 0 Å². The van der Waals surface area contributed by atoms with Crippen molar-refractivity contribution in [3.05, 3.63) is 0 Å². The maximum atomic E-state index is 12.4. The molecule has 0 amide bonds. The number of rotatable bonds is 12. The van der Waals surface area contributed by atoms with Gasteiger partial charge in [0.1, 0.15) is 37.4 Å². The summed E-state index contributed by atoms with van der Waals surface area (Å²) in [5, 5.41) is 10.8. The molecule has 0 bridgehead atoms. The van der Waals surface area contributed by atoms with Crippen molar-refractivity contribution < 1.29 is 86.0 Å². The van der Waals surface area contributed by atoms with Crippen molar-refractivity contribution in [2.45, 2.75) is 103 Å². The predicted molar refractivity (Wildman–Crippen MR) is 140 cm³/mol. The van der Waals surface area contributed by atoms with E-state index in [9.17, 15) is 38.7 Å². The minimum Gasteiger partial charge on any atom is -0.463 e. The first-order chi connectivity index (χ1) is 21.0. The van der Waals surface area contributed by atoms with Gasteiger partial charge in [-0.3, -0.25) is 33.6 Å². The van der Waals surface area contributed by atoms with Crippen LogP contribution in [0.4, 0.5) is 0 Å². The number of aliphatic hydroxyl groups excluding tert-OH is 1. The second-order valence-electron chi connectivity index (χ2n) is 9.70. The SMILES string of the molecule is CC(=O)OC[C@H]1O[C@@H](O[C@H]2[C@H](OC(C)=O)[C@@H](COC(C)=O)OC(O)[C@@H]2OC(C)=O)[C@H](OC(C)=O)[C@@H](OC(=O)CCl)[C@@H]1OC(C)=O. The van der Waals surface area contributed by atoms with Crippen LogP contribution in [-0.4, -0.2) is 127 Å². The Kier molecular flexibility index (Phi) is 14.4. The fourth-order valence-corrected chi connectivity index (χ4v) is 4.54. The van der Waals surface area contributed by atoms with Crippen molar-refractivity contribution in [1.82, 2.24) is 0 Å². The number of halogens is 1. The average molecular weight is 671 g/mol. The van der Waals surface area contributed by atoms with E-state index in [4.69, 9.17) is 59.0 Å². The lowest BCUT2D eigenvalue weighted by Crippen LogP contribution is -2.67. The Labute approximate surface area is 261 Å². The van der Waals surface area contributed by atoms with Gasteiger partial charge >= 0.3 is 41.8 Å². The normalized spacial score (nSPS) is 31.0. The number of esters is 7. The molecule has 0 aliphatic carbocycles. The van der Waals surface area contributed by atoms with E-state index >= 15 is 0 Å². The lowest BCUT2D eigenvalue weighted by atomic mass is 9.96. The van der Waals surface area contributed by atoms with Crippen molar-refractivity contribution in [1.29, 1.82) is 0 Å². The van der Waals surface area contributed by atoms with Crippen LogP contribution in [0.15, 0.2) is 0 Å². The van der Waals surface area contributed by atoms with Crippen LogP contribution in [0.1, 0.15) is 41.5 Å². The first kappa shape index (κ1) is 37.6. The molecule has 18 nitrogen and oxygen atoms in total. The van der Waals surface area contributed by atoms with E-state index in [-0.39, 0.29) is 0 Å². The second-order valence-corrected chi connectivity index (χ2v) is 9.97. The maximum absolute atomic E-state index is 12.4. The topological polar surface area (TPSA) is 232 Å². The molecule has 1 N–H and O–H groups in total. The molecule has 0 radical (unpaired) electrons. The third-order valence-electron chi connectivity index (χ3n) is 5.98. The van der Waals surface area contributed by atoms with E-state index in [1.807, 2.05) is 0 Å². The highest BCUT2D eigenvalue weighted by atomic mass is 35.5. The van der Waals surface area contributed by atoms with Gasteiger partial charge in [-0.15, -0.1) is 11.6 Å². The van der Waals surface area contributed by atoms with Crippen LogP contribution in [0.5, 0.6) is 0 Å². The Bertz CT molecular complexity index is 1110. The van der Waals surface area contributed by atoms with Crippen LogP contribution < -0.4 is 0 Å². The van der Waals surface area contributed by atoms with E-state index in [1.54, 1.807) is 0 Å². The molecule has 0 saturated carbocycles. The quantitative estimate of drug-likeness (QED) is 0.146. The number of carbonyl (C=O) groups excluding carboxylic acids is 7. The molecule has 0 aromatic heterocycles. The highest BCUT2D eigenvalue weighted by molar-refractivity contribution is 6.26. The molecule has 254 valence electrons. The zero-order valence-electron chi connectivity index (χ0n) is 25.2. The van der Waals surface area contributed by atoms with Gasteiger partial charge in [0, 0.05) is 41.5 Å². The second kappa shape index (κ2) is 17.2. The molecule has 2 heterocycles. The van der Waals surface area contributed by atoms with Gasteiger partial charge in [-0.2, -0.15) is 0 Å². The van der Waals surface area contributed by atoms with Gasteiger partial charge in [-0.05, 0) is 0 Å². The maximum Gasteiger partial charge on any atom is 0.321 e. The van der Waals surface area contributed by atoms with Crippen molar-refractivity contribution in [2.24, 2.45) is 0 Å². The predicted octanol–water partition coefficient (Wildman–Crippen LogP) is -1.18. The molecule has 0 spiro atoms. The molecule has 45 heavy (non-hydrogen) atoms. The molecular formula is C26H35ClO18. The lowest BCUT2D eigenvalue weighted by molar-refractivity contribution is -0.357. The molecule has 0 aromatic rings. The number of aliphatic hydroxyl groups is 1. The largest absolute Gasteiger partial charge is 0.463 e. The summed E-state index contributed by atoms with van der Waals surface area (Å²) >= 11 is 5.63. The Morgan fingerprint density at radius 2 is 0.978 bits per heavy atom. The van der Waals surface area contributed by atoms with E-state index < -0.39 is 122 Å². The Morgan fingerprint density at radius 1 is 0.556 bits per heavy atom. The zero-order valence-corrected chi connectivity index (χ0v) is 25.9.